The van der Waals surface area contributed by atoms with Gasteiger partial charge in [0.15, 0.2) is 4.80 Å². The van der Waals surface area contributed by atoms with Crippen LogP contribution < -0.4 is 9.54 Å². The van der Waals surface area contributed by atoms with Crippen molar-refractivity contribution in [2.45, 2.75) is 13.5 Å². The summed E-state index contributed by atoms with van der Waals surface area (Å²) >= 11 is 1.18. The Morgan fingerprint density at radius 3 is 2.43 bits per heavy atom. The predicted octanol–water partition coefficient (Wildman–Crippen LogP) is 4.59. The third kappa shape index (κ3) is 5.64. The van der Waals surface area contributed by atoms with E-state index in [0.717, 1.165) is 0 Å². The first-order chi connectivity index (χ1) is 17.0. The van der Waals surface area contributed by atoms with Crippen LogP contribution in [0, 0.1) is 0 Å². The Balaban J connectivity index is 1.73. The Labute approximate surface area is 205 Å². The highest BCUT2D eigenvalue weighted by Gasteiger charge is 2.15. The smallest absolute Gasteiger partial charge is 0.337 e. The molecule has 1 amide bonds. The minimum absolute atomic E-state index is 0.130. The molecule has 178 valence electrons. The number of thiazole rings is 1. The van der Waals surface area contributed by atoms with E-state index in [1.54, 1.807) is 54.0 Å². The van der Waals surface area contributed by atoms with Crippen molar-refractivity contribution in [1.82, 2.24) is 4.57 Å². The molecule has 0 atom stereocenters. The Hall–Kier alpha value is -4.24. The van der Waals surface area contributed by atoms with E-state index >= 15 is 0 Å². The van der Waals surface area contributed by atoms with Gasteiger partial charge >= 0.3 is 11.9 Å². The zero-order valence-electron chi connectivity index (χ0n) is 19.1. The summed E-state index contributed by atoms with van der Waals surface area (Å²) in [5, 5.41) is 0. The summed E-state index contributed by atoms with van der Waals surface area (Å²) in [5.41, 5.74) is 1.32. The van der Waals surface area contributed by atoms with Gasteiger partial charge in [-0.15, -0.1) is 0 Å². The zero-order valence-corrected chi connectivity index (χ0v) is 19.9. The number of rotatable bonds is 7. The van der Waals surface area contributed by atoms with Crippen molar-refractivity contribution in [1.29, 1.82) is 0 Å². The van der Waals surface area contributed by atoms with Crippen LogP contribution in [-0.2, 0) is 20.8 Å². The lowest BCUT2D eigenvalue weighted by atomic mass is 10.2. The molecule has 0 bridgehead atoms. The lowest BCUT2D eigenvalue weighted by Gasteiger charge is -2.07. The van der Waals surface area contributed by atoms with Crippen molar-refractivity contribution in [2.75, 3.05) is 13.7 Å². The molecule has 35 heavy (non-hydrogen) atoms. The molecule has 0 radical (unpaired) electrons. The van der Waals surface area contributed by atoms with Crippen LogP contribution in [0.15, 0.2) is 77.8 Å². The van der Waals surface area contributed by atoms with Crippen molar-refractivity contribution < 1.29 is 28.6 Å². The molecule has 1 aromatic heterocycles. The molecule has 0 saturated carbocycles. The number of hydrogen-bond donors (Lipinski definition) is 0. The summed E-state index contributed by atoms with van der Waals surface area (Å²) in [4.78, 5) is 41.8. The molecule has 4 rings (SSSR count). The van der Waals surface area contributed by atoms with E-state index in [-0.39, 0.29) is 13.2 Å². The van der Waals surface area contributed by atoms with Gasteiger partial charge in [0.2, 0.25) is 0 Å². The first-order valence-electron chi connectivity index (χ1n) is 10.8. The second kappa shape index (κ2) is 10.8. The van der Waals surface area contributed by atoms with E-state index in [0.29, 0.717) is 37.6 Å². The highest BCUT2D eigenvalue weighted by atomic mass is 32.1. The monoisotopic (exact) mass is 490 g/mol. The van der Waals surface area contributed by atoms with Crippen LogP contribution >= 0.6 is 11.3 Å². The van der Waals surface area contributed by atoms with E-state index in [4.69, 9.17) is 14.2 Å². The Bertz CT molecular complexity index is 1460. The predicted molar refractivity (Wildman–Crippen MR) is 131 cm³/mol. The van der Waals surface area contributed by atoms with Crippen LogP contribution in [0.3, 0.4) is 0 Å². The topological polar surface area (TPSA) is 96.2 Å². The van der Waals surface area contributed by atoms with E-state index in [1.807, 2.05) is 30.3 Å². The number of methoxy groups -OCH3 is 1. The number of para-hydroxylation sites is 1. The summed E-state index contributed by atoms with van der Waals surface area (Å²) in [6.07, 6.45) is 0. The van der Waals surface area contributed by atoms with Gasteiger partial charge in [0, 0.05) is 5.56 Å². The number of nitrogens with zero attached hydrogens (tertiary/aromatic N) is 2. The van der Waals surface area contributed by atoms with Crippen molar-refractivity contribution in [3.8, 4) is 11.5 Å². The summed E-state index contributed by atoms with van der Waals surface area (Å²) in [7, 11) is 1.30. The van der Waals surface area contributed by atoms with Crippen LogP contribution in [0.2, 0.25) is 0 Å². The Kier molecular flexibility index (Phi) is 7.37. The van der Waals surface area contributed by atoms with E-state index in [9.17, 15) is 14.4 Å². The van der Waals surface area contributed by atoms with Gasteiger partial charge < -0.3 is 18.8 Å². The molecule has 0 N–H and O–H groups in total. The van der Waals surface area contributed by atoms with Crippen molar-refractivity contribution >= 4 is 39.4 Å². The molecule has 8 nitrogen and oxygen atoms in total. The molecule has 0 saturated heterocycles. The normalized spacial score (nSPS) is 11.3. The van der Waals surface area contributed by atoms with Gasteiger partial charge in [-0.2, -0.15) is 4.99 Å². The summed E-state index contributed by atoms with van der Waals surface area (Å²) in [6.45, 7) is 1.82. The molecular formula is C26H22N2O6S. The fraction of sp³-hybridized carbons (Fsp3) is 0.154. The van der Waals surface area contributed by atoms with Gasteiger partial charge in [0.1, 0.15) is 18.0 Å². The number of esters is 2. The second-order valence-corrected chi connectivity index (χ2v) is 8.32. The molecule has 0 aliphatic carbocycles. The van der Waals surface area contributed by atoms with Gasteiger partial charge in [0.25, 0.3) is 5.91 Å². The molecule has 0 unspecified atom stereocenters. The van der Waals surface area contributed by atoms with Crippen LogP contribution in [0.4, 0.5) is 0 Å². The number of hydrogen-bond acceptors (Lipinski definition) is 7. The molecule has 0 fully saturated rings. The molecule has 9 heteroatoms. The third-order valence-electron chi connectivity index (χ3n) is 4.95. The number of benzene rings is 3. The summed E-state index contributed by atoms with van der Waals surface area (Å²) in [5.74, 6) is -0.303. The fourth-order valence-electron chi connectivity index (χ4n) is 3.36. The molecule has 1 heterocycles. The number of carbonyl (C=O) groups is 3. The highest BCUT2D eigenvalue weighted by molar-refractivity contribution is 7.16. The van der Waals surface area contributed by atoms with Crippen molar-refractivity contribution in [3.63, 3.8) is 0 Å². The Morgan fingerprint density at radius 1 is 0.914 bits per heavy atom. The second-order valence-electron chi connectivity index (χ2n) is 7.31. The van der Waals surface area contributed by atoms with Crippen molar-refractivity contribution in [3.05, 3.63) is 88.7 Å². The average molecular weight is 491 g/mol. The molecule has 0 aliphatic rings. The van der Waals surface area contributed by atoms with Gasteiger partial charge in [-0.05, 0) is 55.5 Å². The number of ether oxygens (including phenoxy) is 3. The standard InChI is InChI=1S/C26H22N2O6S/c1-3-33-23(29)16-28-21-13-12-18(25(31)32-2)15-22(21)35-26(28)27-24(30)17-8-7-11-20(14-17)34-19-9-5-4-6-10-19/h4-15H,3,16H2,1-2H3. The number of carbonyl (C=O) groups excluding carboxylic acids is 3. The van der Waals surface area contributed by atoms with Crippen LogP contribution in [0.1, 0.15) is 27.6 Å². The van der Waals surface area contributed by atoms with E-state index < -0.39 is 17.8 Å². The lowest BCUT2D eigenvalue weighted by Crippen LogP contribution is -2.23. The maximum absolute atomic E-state index is 13.1. The summed E-state index contributed by atoms with van der Waals surface area (Å²) < 4.78 is 18.0. The molecule has 4 aromatic rings. The Morgan fingerprint density at radius 2 is 1.69 bits per heavy atom. The third-order valence-corrected chi connectivity index (χ3v) is 5.99. The maximum Gasteiger partial charge on any atom is 0.337 e. The van der Waals surface area contributed by atoms with Crippen LogP contribution in [-0.4, -0.2) is 36.1 Å². The molecule has 0 spiro atoms. The fourth-order valence-corrected chi connectivity index (χ4v) is 4.43. The largest absolute Gasteiger partial charge is 0.465 e. The van der Waals surface area contributed by atoms with Gasteiger partial charge in [-0.1, -0.05) is 35.6 Å². The first-order valence-corrected chi connectivity index (χ1v) is 11.6. The molecule has 3 aromatic carbocycles. The minimum Gasteiger partial charge on any atom is -0.465 e. The molecular weight excluding hydrogens is 468 g/mol. The zero-order chi connectivity index (χ0) is 24.8. The highest BCUT2D eigenvalue weighted by Crippen LogP contribution is 2.23. The van der Waals surface area contributed by atoms with Crippen LogP contribution in [0.5, 0.6) is 11.5 Å². The van der Waals surface area contributed by atoms with Gasteiger partial charge in [-0.3, -0.25) is 9.59 Å². The number of aromatic nitrogens is 1. The van der Waals surface area contributed by atoms with E-state index in [2.05, 4.69) is 4.99 Å². The number of fused-ring (bicyclic) bond motifs is 1. The molecule has 0 aliphatic heterocycles. The van der Waals surface area contributed by atoms with Crippen LogP contribution in [0.25, 0.3) is 10.2 Å². The van der Waals surface area contributed by atoms with E-state index in [1.165, 1.54) is 18.4 Å². The van der Waals surface area contributed by atoms with Gasteiger partial charge in [-0.25, -0.2) is 4.79 Å². The maximum atomic E-state index is 13.1. The number of amides is 1. The summed E-state index contributed by atoms with van der Waals surface area (Å²) in [6, 6.07) is 20.9. The van der Waals surface area contributed by atoms with Crippen molar-refractivity contribution in [2.24, 2.45) is 4.99 Å². The lowest BCUT2D eigenvalue weighted by molar-refractivity contribution is -0.143. The quantitative estimate of drug-likeness (QED) is 0.352. The first kappa shape index (κ1) is 23.9. The minimum atomic E-state index is -0.499. The SMILES string of the molecule is CCOC(=O)Cn1c(=NC(=O)c2cccc(Oc3ccccc3)c2)sc2cc(C(=O)OC)ccc21. The van der Waals surface area contributed by atoms with Gasteiger partial charge in [0.05, 0.1) is 29.5 Å². The average Bonchev–Trinajstić information content (AvgIpc) is 3.20.